The summed E-state index contributed by atoms with van der Waals surface area (Å²) in [7, 11) is -0.376. The summed E-state index contributed by atoms with van der Waals surface area (Å²) in [4.78, 5) is 20.4. The fourth-order valence-electron chi connectivity index (χ4n) is 4.05. The first-order valence-corrected chi connectivity index (χ1v) is 12.0. The maximum absolute atomic E-state index is 12.1. The van der Waals surface area contributed by atoms with Crippen molar-refractivity contribution < 1.29 is 14.1 Å². The van der Waals surface area contributed by atoms with Gasteiger partial charge in [0.25, 0.3) is 0 Å². The summed E-state index contributed by atoms with van der Waals surface area (Å²) in [5, 5.41) is 5.26. The molecule has 33 heavy (non-hydrogen) atoms. The summed E-state index contributed by atoms with van der Waals surface area (Å²) in [6.45, 7) is 15.0. The summed E-state index contributed by atoms with van der Waals surface area (Å²) in [5.41, 5.74) is 2.29. The Labute approximate surface area is 197 Å². The molecule has 1 fully saturated rings. The Morgan fingerprint density at radius 3 is 2.45 bits per heavy atom. The Morgan fingerprint density at radius 1 is 1.09 bits per heavy atom. The van der Waals surface area contributed by atoms with E-state index in [1.54, 1.807) is 0 Å². The van der Waals surface area contributed by atoms with Gasteiger partial charge in [-0.25, -0.2) is 4.98 Å². The van der Waals surface area contributed by atoms with Gasteiger partial charge in [-0.1, -0.05) is 45.0 Å². The number of aromatic amines is 1. The predicted octanol–water partition coefficient (Wildman–Crippen LogP) is 4.36. The van der Waals surface area contributed by atoms with Crippen molar-refractivity contribution >= 4 is 40.3 Å². The summed E-state index contributed by atoms with van der Waals surface area (Å²) in [5.74, 6) is 1.45. The van der Waals surface area contributed by atoms with Crippen LogP contribution < -0.4 is 10.8 Å². The van der Waals surface area contributed by atoms with Crippen LogP contribution in [0.25, 0.3) is 21.8 Å². The second-order valence-corrected chi connectivity index (χ2v) is 10.6. The van der Waals surface area contributed by atoms with Crippen molar-refractivity contribution in [3.8, 4) is 0 Å². The van der Waals surface area contributed by atoms with Gasteiger partial charge in [-0.05, 0) is 56.9 Å². The number of aryl methyl sites for hydroxylation is 1. The second-order valence-electron chi connectivity index (χ2n) is 10.6. The monoisotopic (exact) mass is 449 g/mol. The molecule has 1 unspecified atom stereocenters. The number of rotatable bonds is 7. The molecule has 0 radical (unpaired) electrons. The third kappa shape index (κ3) is 4.66. The van der Waals surface area contributed by atoms with Gasteiger partial charge in [0.05, 0.1) is 22.2 Å². The van der Waals surface area contributed by atoms with Crippen molar-refractivity contribution in [1.29, 1.82) is 0 Å². The molecule has 1 amide bonds. The van der Waals surface area contributed by atoms with E-state index < -0.39 is 0 Å². The van der Waals surface area contributed by atoms with Crippen LogP contribution in [-0.4, -0.2) is 40.7 Å². The van der Waals surface area contributed by atoms with E-state index in [2.05, 4.69) is 82.2 Å². The molecule has 2 aromatic carbocycles. The predicted molar refractivity (Wildman–Crippen MR) is 135 cm³/mol. The summed E-state index contributed by atoms with van der Waals surface area (Å²) < 4.78 is 12.4. The number of hydrogen-bond acceptors (Lipinski definition) is 4. The molecule has 1 atom stereocenters. The van der Waals surface area contributed by atoms with Gasteiger partial charge in [0.1, 0.15) is 5.82 Å². The van der Waals surface area contributed by atoms with Crippen molar-refractivity contribution in [3.05, 3.63) is 36.2 Å². The van der Waals surface area contributed by atoms with Crippen LogP contribution in [-0.2, 0) is 20.5 Å². The quantitative estimate of drug-likeness (QED) is 0.415. The number of carbonyl (C=O) groups is 1. The molecular formula is C26H36BN3O3. The molecule has 4 rings (SSSR count). The molecule has 176 valence electrons. The number of nitrogens with one attached hydrogen (secondary N) is 2. The van der Waals surface area contributed by atoms with Crippen LogP contribution in [0.1, 0.15) is 60.7 Å². The van der Waals surface area contributed by atoms with Crippen molar-refractivity contribution in [3.63, 3.8) is 0 Å². The minimum Gasteiger partial charge on any atom is -0.399 e. The van der Waals surface area contributed by atoms with Crippen LogP contribution in [0.5, 0.6) is 0 Å². The van der Waals surface area contributed by atoms with Gasteiger partial charge in [-0.2, -0.15) is 0 Å². The van der Waals surface area contributed by atoms with Gasteiger partial charge >= 0.3 is 7.12 Å². The van der Waals surface area contributed by atoms with Crippen molar-refractivity contribution in [2.24, 2.45) is 11.8 Å². The van der Waals surface area contributed by atoms with Crippen LogP contribution in [0.3, 0.4) is 0 Å². The molecular weight excluding hydrogens is 413 g/mol. The number of amides is 1. The minimum absolute atomic E-state index is 0.0321. The van der Waals surface area contributed by atoms with Gasteiger partial charge in [0.15, 0.2) is 0 Å². The first kappa shape index (κ1) is 23.8. The molecule has 0 saturated carbocycles. The largest absolute Gasteiger partial charge is 0.494 e. The number of benzene rings is 2. The number of fused-ring (bicyclic) bond motifs is 3. The molecule has 1 aliphatic heterocycles. The lowest BCUT2D eigenvalue weighted by Crippen LogP contribution is -2.41. The lowest BCUT2D eigenvalue weighted by molar-refractivity contribution is -0.125. The smallest absolute Gasteiger partial charge is 0.399 e. The summed E-state index contributed by atoms with van der Waals surface area (Å²) in [6.07, 6.45) is 1.64. The van der Waals surface area contributed by atoms with Crippen molar-refractivity contribution in [2.75, 3.05) is 6.54 Å². The van der Waals surface area contributed by atoms with Crippen LogP contribution >= 0.6 is 0 Å². The molecule has 1 saturated heterocycles. The second kappa shape index (κ2) is 8.77. The number of nitrogens with zero attached hydrogens (tertiary/aromatic N) is 1. The van der Waals surface area contributed by atoms with Gasteiger partial charge in [0, 0.05) is 24.3 Å². The molecule has 2 N–H and O–H groups in total. The van der Waals surface area contributed by atoms with E-state index in [0.717, 1.165) is 45.9 Å². The molecule has 1 aromatic heterocycles. The highest BCUT2D eigenvalue weighted by atomic mass is 16.7. The Hall–Kier alpha value is -2.38. The zero-order valence-electron chi connectivity index (χ0n) is 20.9. The fourth-order valence-corrected chi connectivity index (χ4v) is 4.05. The van der Waals surface area contributed by atoms with Crippen LogP contribution in [0, 0.1) is 11.8 Å². The van der Waals surface area contributed by atoms with E-state index in [1.165, 1.54) is 0 Å². The number of H-pyrrole nitrogens is 1. The maximum atomic E-state index is 12.1. The third-order valence-electron chi connectivity index (χ3n) is 7.37. The SMILES string of the molecule is CC(C)C(C)C(=O)NCCCc1nc2c(ccc3cc(B4OC(C)(C)C(C)(C)O4)ccc32)[nH]1. The number of carbonyl (C=O) groups excluding carboxylic acids is 1. The van der Waals surface area contributed by atoms with Gasteiger partial charge in [-0.3, -0.25) is 4.79 Å². The van der Waals surface area contributed by atoms with E-state index in [0.29, 0.717) is 12.5 Å². The highest BCUT2D eigenvalue weighted by Gasteiger charge is 2.51. The van der Waals surface area contributed by atoms with E-state index in [-0.39, 0.29) is 30.1 Å². The topological polar surface area (TPSA) is 76.2 Å². The molecule has 0 bridgehead atoms. The lowest BCUT2D eigenvalue weighted by Gasteiger charge is -2.32. The molecule has 6 nitrogen and oxygen atoms in total. The molecule has 1 aliphatic rings. The zero-order chi connectivity index (χ0) is 24.0. The van der Waals surface area contributed by atoms with Crippen LogP contribution in [0.2, 0.25) is 0 Å². The molecule has 0 aliphatic carbocycles. The standard InChI is InChI=1S/C26H36BN3O3/c1-16(2)17(3)24(31)28-14-8-9-22-29-21-13-10-18-15-19(11-12-20(18)23(21)30-22)27-32-25(4,5)26(6,7)33-27/h10-13,15-17H,8-9,14H2,1-7H3,(H,28,31)(H,29,30). The zero-order valence-corrected chi connectivity index (χ0v) is 20.9. The average molecular weight is 449 g/mol. The van der Waals surface area contributed by atoms with Crippen LogP contribution in [0.15, 0.2) is 30.3 Å². The van der Waals surface area contributed by atoms with E-state index in [4.69, 9.17) is 14.3 Å². The maximum Gasteiger partial charge on any atom is 0.494 e. The lowest BCUT2D eigenvalue weighted by atomic mass is 9.78. The molecule has 2 heterocycles. The highest BCUT2D eigenvalue weighted by molar-refractivity contribution is 6.62. The number of aromatic nitrogens is 2. The van der Waals surface area contributed by atoms with E-state index >= 15 is 0 Å². The van der Waals surface area contributed by atoms with Gasteiger partial charge < -0.3 is 19.6 Å². The fraction of sp³-hybridized carbons (Fsp3) is 0.538. The van der Waals surface area contributed by atoms with E-state index in [9.17, 15) is 4.79 Å². The minimum atomic E-state index is -0.376. The Morgan fingerprint density at radius 2 is 1.79 bits per heavy atom. The normalized spacial score (nSPS) is 18.4. The van der Waals surface area contributed by atoms with Crippen molar-refractivity contribution in [1.82, 2.24) is 15.3 Å². The average Bonchev–Trinajstić information content (AvgIpc) is 3.27. The van der Waals surface area contributed by atoms with Gasteiger partial charge in [-0.15, -0.1) is 0 Å². The first-order chi connectivity index (χ1) is 15.5. The number of imidazole rings is 1. The first-order valence-electron chi connectivity index (χ1n) is 12.0. The van der Waals surface area contributed by atoms with Crippen molar-refractivity contribution in [2.45, 2.75) is 72.5 Å². The Bertz CT molecular complexity index is 1150. The summed E-state index contributed by atoms with van der Waals surface area (Å²) in [6, 6.07) is 10.5. The molecule has 3 aromatic rings. The van der Waals surface area contributed by atoms with Crippen LogP contribution in [0.4, 0.5) is 0 Å². The summed E-state index contributed by atoms with van der Waals surface area (Å²) >= 11 is 0. The highest BCUT2D eigenvalue weighted by Crippen LogP contribution is 2.36. The molecule has 7 heteroatoms. The van der Waals surface area contributed by atoms with Gasteiger partial charge in [0.2, 0.25) is 5.91 Å². The Balaban J connectivity index is 1.46. The van der Waals surface area contributed by atoms with E-state index in [1.807, 2.05) is 6.92 Å². The third-order valence-corrected chi connectivity index (χ3v) is 7.37. The Kier molecular flexibility index (Phi) is 6.31. The number of hydrogen-bond donors (Lipinski definition) is 2. The molecule has 0 spiro atoms.